The molecule has 1 aromatic carbocycles. The second-order valence-corrected chi connectivity index (χ2v) is 5.18. The zero-order chi connectivity index (χ0) is 12.4. The van der Waals surface area contributed by atoms with Crippen molar-refractivity contribution in [2.24, 2.45) is 0 Å². The van der Waals surface area contributed by atoms with Crippen molar-refractivity contribution in [3.8, 4) is 0 Å². The molecule has 1 aliphatic carbocycles. The Balaban J connectivity index is 1.80. The monoisotopic (exact) mass is 259 g/mol. The third-order valence-corrected chi connectivity index (χ3v) is 3.92. The van der Waals surface area contributed by atoms with Gasteiger partial charge in [-0.2, -0.15) is 0 Å². The number of fused-ring (bicyclic) bond motifs is 1. The molecule has 0 aliphatic heterocycles. The van der Waals surface area contributed by atoms with Gasteiger partial charge in [-0.15, -0.1) is 5.10 Å². The Kier molecular flexibility index (Phi) is 3.06. The molecule has 3 rings (SSSR count). The van der Waals surface area contributed by atoms with Crippen LogP contribution in [0.5, 0.6) is 0 Å². The quantitative estimate of drug-likeness (QED) is 0.900. The van der Waals surface area contributed by atoms with Gasteiger partial charge in [0.1, 0.15) is 4.88 Å². The molecule has 0 saturated carbocycles. The van der Waals surface area contributed by atoms with Crippen molar-refractivity contribution < 1.29 is 4.79 Å². The maximum atomic E-state index is 12.0. The van der Waals surface area contributed by atoms with Gasteiger partial charge in [-0.3, -0.25) is 4.79 Å². The first-order valence-electron chi connectivity index (χ1n) is 6.00. The van der Waals surface area contributed by atoms with Crippen LogP contribution in [0, 0.1) is 0 Å². The fourth-order valence-corrected chi connectivity index (χ4v) is 2.82. The van der Waals surface area contributed by atoms with Crippen LogP contribution >= 0.6 is 11.5 Å². The number of rotatable bonds is 2. The maximum absolute atomic E-state index is 12.0. The summed E-state index contributed by atoms with van der Waals surface area (Å²) in [5.74, 6) is -0.0771. The van der Waals surface area contributed by atoms with Crippen molar-refractivity contribution in [3.05, 3.63) is 46.5 Å². The van der Waals surface area contributed by atoms with E-state index in [1.54, 1.807) is 0 Å². The van der Waals surface area contributed by atoms with Crippen molar-refractivity contribution >= 4 is 17.4 Å². The van der Waals surface area contributed by atoms with Crippen molar-refractivity contribution in [2.75, 3.05) is 0 Å². The van der Waals surface area contributed by atoms with Crippen LogP contribution in [-0.4, -0.2) is 15.5 Å². The molecule has 18 heavy (non-hydrogen) atoms. The molecular formula is C13H13N3OS. The SMILES string of the molecule is O=C(N[C@H]1CCCc2ccccc21)c1cnns1. The molecular weight excluding hydrogens is 246 g/mol. The third-order valence-electron chi connectivity index (χ3n) is 3.26. The van der Waals surface area contributed by atoms with Crippen LogP contribution < -0.4 is 5.32 Å². The van der Waals surface area contributed by atoms with Gasteiger partial charge in [-0.25, -0.2) is 0 Å². The van der Waals surface area contributed by atoms with Gasteiger partial charge in [0.25, 0.3) is 5.91 Å². The topological polar surface area (TPSA) is 54.9 Å². The highest BCUT2D eigenvalue weighted by molar-refractivity contribution is 7.07. The number of nitrogens with one attached hydrogen (secondary N) is 1. The van der Waals surface area contributed by atoms with Gasteiger partial charge in [0.05, 0.1) is 12.2 Å². The second kappa shape index (κ2) is 4.86. The van der Waals surface area contributed by atoms with E-state index in [2.05, 4.69) is 33.1 Å². The lowest BCUT2D eigenvalue weighted by atomic mass is 9.88. The van der Waals surface area contributed by atoms with E-state index in [0.717, 1.165) is 30.8 Å². The zero-order valence-electron chi connectivity index (χ0n) is 9.80. The molecule has 0 saturated heterocycles. The Morgan fingerprint density at radius 2 is 2.28 bits per heavy atom. The summed E-state index contributed by atoms with van der Waals surface area (Å²) < 4.78 is 3.71. The molecule has 1 aliphatic rings. The van der Waals surface area contributed by atoms with E-state index >= 15 is 0 Å². The predicted octanol–water partition coefficient (Wildman–Crippen LogP) is 2.35. The lowest BCUT2D eigenvalue weighted by Gasteiger charge is -2.26. The summed E-state index contributed by atoms with van der Waals surface area (Å²) in [6.45, 7) is 0. The zero-order valence-corrected chi connectivity index (χ0v) is 10.6. The number of nitrogens with zero attached hydrogens (tertiary/aromatic N) is 2. The molecule has 0 radical (unpaired) electrons. The minimum Gasteiger partial charge on any atom is -0.344 e. The van der Waals surface area contributed by atoms with E-state index in [4.69, 9.17) is 0 Å². The fourth-order valence-electron chi connectivity index (χ4n) is 2.40. The van der Waals surface area contributed by atoms with E-state index in [-0.39, 0.29) is 11.9 Å². The van der Waals surface area contributed by atoms with Gasteiger partial charge >= 0.3 is 0 Å². The lowest BCUT2D eigenvalue weighted by molar-refractivity contribution is 0.0936. The molecule has 5 heteroatoms. The third kappa shape index (κ3) is 2.13. The van der Waals surface area contributed by atoms with E-state index in [9.17, 15) is 4.79 Å². The Hall–Kier alpha value is -1.75. The highest BCUT2D eigenvalue weighted by Crippen LogP contribution is 2.29. The van der Waals surface area contributed by atoms with Crippen LogP contribution in [0.2, 0.25) is 0 Å². The molecule has 0 spiro atoms. The van der Waals surface area contributed by atoms with Crippen molar-refractivity contribution in [1.29, 1.82) is 0 Å². The van der Waals surface area contributed by atoms with Crippen molar-refractivity contribution in [1.82, 2.24) is 14.9 Å². The van der Waals surface area contributed by atoms with Crippen molar-refractivity contribution in [2.45, 2.75) is 25.3 Å². The van der Waals surface area contributed by atoms with Crippen LogP contribution in [0.25, 0.3) is 0 Å². The van der Waals surface area contributed by atoms with Gasteiger partial charge in [-0.05, 0) is 41.9 Å². The average molecular weight is 259 g/mol. The van der Waals surface area contributed by atoms with Gasteiger partial charge in [0.15, 0.2) is 0 Å². The Morgan fingerprint density at radius 3 is 3.11 bits per heavy atom. The average Bonchev–Trinajstić information content (AvgIpc) is 2.93. The number of aromatic nitrogens is 2. The minimum absolute atomic E-state index is 0.0771. The first-order chi connectivity index (χ1) is 8.84. The molecule has 92 valence electrons. The molecule has 1 atom stereocenters. The van der Waals surface area contributed by atoms with Gasteiger partial charge in [0, 0.05) is 0 Å². The smallest absolute Gasteiger partial charge is 0.265 e. The first-order valence-corrected chi connectivity index (χ1v) is 6.78. The molecule has 1 heterocycles. The van der Waals surface area contributed by atoms with E-state index in [1.807, 2.05) is 6.07 Å². The second-order valence-electron chi connectivity index (χ2n) is 4.40. The molecule has 1 amide bonds. The van der Waals surface area contributed by atoms with Crippen LogP contribution in [0.1, 0.15) is 39.7 Å². The summed E-state index contributed by atoms with van der Waals surface area (Å²) in [4.78, 5) is 12.6. The van der Waals surface area contributed by atoms with Gasteiger partial charge in [0.2, 0.25) is 0 Å². The van der Waals surface area contributed by atoms with Gasteiger partial charge < -0.3 is 5.32 Å². The summed E-state index contributed by atoms with van der Waals surface area (Å²) >= 11 is 1.13. The number of hydrogen-bond donors (Lipinski definition) is 1. The summed E-state index contributed by atoms with van der Waals surface area (Å²) in [7, 11) is 0. The predicted molar refractivity (Wildman–Crippen MR) is 69.5 cm³/mol. The van der Waals surface area contributed by atoms with Gasteiger partial charge in [-0.1, -0.05) is 28.8 Å². The van der Waals surface area contributed by atoms with E-state index < -0.39 is 0 Å². The summed E-state index contributed by atoms with van der Waals surface area (Å²) in [6, 6.07) is 8.43. The fraction of sp³-hybridized carbons (Fsp3) is 0.308. The van der Waals surface area contributed by atoms with Crippen LogP contribution in [0.15, 0.2) is 30.5 Å². The minimum atomic E-state index is -0.0771. The highest BCUT2D eigenvalue weighted by atomic mass is 32.1. The first kappa shape index (κ1) is 11.3. The lowest BCUT2D eigenvalue weighted by Crippen LogP contribution is -2.30. The number of carbonyl (C=O) groups excluding carboxylic acids is 1. The molecule has 1 N–H and O–H groups in total. The molecule has 0 fully saturated rings. The Bertz CT molecular complexity index is 553. The molecule has 0 unspecified atom stereocenters. The van der Waals surface area contributed by atoms with Crippen LogP contribution in [0.4, 0.5) is 0 Å². The molecule has 2 aromatic rings. The standard InChI is InChI=1S/C13H13N3OS/c17-13(12-8-14-16-18-12)15-11-7-3-5-9-4-1-2-6-10(9)11/h1-2,4,6,8,11H,3,5,7H2,(H,15,17)/t11-/m0/s1. The van der Waals surface area contributed by atoms with E-state index in [1.165, 1.54) is 17.3 Å². The summed E-state index contributed by atoms with van der Waals surface area (Å²) in [6.07, 6.45) is 4.72. The largest absolute Gasteiger partial charge is 0.344 e. The number of aryl methyl sites for hydroxylation is 1. The van der Waals surface area contributed by atoms with E-state index in [0.29, 0.717) is 4.88 Å². The Labute approximate surface area is 109 Å². The normalized spacial score (nSPS) is 18.1. The van der Waals surface area contributed by atoms with Crippen molar-refractivity contribution in [3.63, 3.8) is 0 Å². The number of carbonyl (C=O) groups is 1. The Morgan fingerprint density at radius 1 is 1.39 bits per heavy atom. The maximum Gasteiger partial charge on any atom is 0.265 e. The number of amides is 1. The number of hydrogen-bond acceptors (Lipinski definition) is 4. The highest BCUT2D eigenvalue weighted by Gasteiger charge is 2.22. The molecule has 1 aromatic heterocycles. The summed E-state index contributed by atoms with van der Waals surface area (Å²) in [5.41, 5.74) is 2.59. The van der Waals surface area contributed by atoms with Crippen LogP contribution in [0.3, 0.4) is 0 Å². The summed E-state index contributed by atoms with van der Waals surface area (Å²) in [5, 5.41) is 6.76. The van der Waals surface area contributed by atoms with Crippen LogP contribution in [-0.2, 0) is 6.42 Å². The molecule has 0 bridgehead atoms. The number of benzene rings is 1. The molecule has 4 nitrogen and oxygen atoms in total.